The number of carbonyl (C=O) groups is 1. The summed E-state index contributed by atoms with van der Waals surface area (Å²) in [5.41, 5.74) is 1.11. The summed E-state index contributed by atoms with van der Waals surface area (Å²) in [5.74, 6) is 1.37. The monoisotopic (exact) mass is 247 g/mol. The molecule has 98 valence electrons. The van der Waals surface area contributed by atoms with Gasteiger partial charge in [-0.3, -0.25) is 4.79 Å². The number of pyridine rings is 1. The normalized spacial score (nSPS) is 19.5. The van der Waals surface area contributed by atoms with E-state index >= 15 is 0 Å². The first kappa shape index (κ1) is 13.0. The van der Waals surface area contributed by atoms with Crippen molar-refractivity contribution in [3.8, 4) is 0 Å². The molecule has 0 saturated carbocycles. The van der Waals surface area contributed by atoms with Crippen molar-refractivity contribution in [2.24, 2.45) is 5.92 Å². The molecule has 2 N–H and O–H groups in total. The molecule has 1 atom stereocenters. The number of anilines is 1. The topological polar surface area (TPSA) is 54.0 Å². The molecule has 0 aliphatic carbocycles. The molecule has 1 aromatic heterocycles. The van der Waals surface area contributed by atoms with Crippen LogP contribution in [0.1, 0.15) is 31.2 Å². The maximum Gasteiger partial charge on any atom is 0.225 e. The summed E-state index contributed by atoms with van der Waals surface area (Å²) >= 11 is 0. The Kier molecular flexibility index (Phi) is 4.70. The second kappa shape index (κ2) is 6.50. The molecule has 0 bridgehead atoms. The minimum atomic E-state index is 0.0682. The minimum absolute atomic E-state index is 0.0682. The number of hydrogen-bond acceptors (Lipinski definition) is 3. The average molecular weight is 247 g/mol. The number of nitrogens with zero attached hydrogens (tertiary/aromatic N) is 1. The highest BCUT2D eigenvalue weighted by Gasteiger charge is 2.14. The van der Waals surface area contributed by atoms with Crippen molar-refractivity contribution in [1.82, 2.24) is 10.3 Å². The first-order valence-electron chi connectivity index (χ1n) is 6.67. The van der Waals surface area contributed by atoms with E-state index < -0.39 is 0 Å². The highest BCUT2D eigenvalue weighted by molar-refractivity contribution is 5.89. The molecular formula is C14H21N3O. The van der Waals surface area contributed by atoms with Gasteiger partial charge in [-0.1, -0.05) is 0 Å². The fraction of sp³-hybridized carbons (Fsp3) is 0.571. The second-order valence-electron chi connectivity index (χ2n) is 5.02. The molecule has 2 rings (SSSR count). The fourth-order valence-corrected chi connectivity index (χ4v) is 2.32. The van der Waals surface area contributed by atoms with Gasteiger partial charge in [-0.05, 0) is 62.9 Å². The van der Waals surface area contributed by atoms with Gasteiger partial charge in [0.15, 0.2) is 0 Å². The van der Waals surface area contributed by atoms with Crippen molar-refractivity contribution in [3.63, 3.8) is 0 Å². The first-order valence-corrected chi connectivity index (χ1v) is 6.67. The summed E-state index contributed by atoms with van der Waals surface area (Å²) in [6, 6.07) is 3.81. The number of hydrogen-bond donors (Lipinski definition) is 2. The summed E-state index contributed by atoms with van der Waals surface area (Å²) in [6.07, 6.45) is 5.73. The van der Waals surface area contributed by atoms with Crippen LogP contribution < -0.4 is 10.6 Å². The lowest BCUT2D eigenvalue weighted by Gasteiger charge is -2.22. The summed E-state index contributed by atoms with van der Waals surface area (Å²) in [7, 11) is 0. The third kappa shape index (κ3) is 4.11. The van der Waals surface area contributed by atoms with Crippen LogP contribution in [0.2, 0.25) is 0 Å². The van der Waals surface area contributed by atoms with E-state index in [1.165, 1.54) is 12.8 Å². The summed E-state index contributed by atoms with van der Waals surface area (Å²) in [5, 5.41) is 6.22. The third-order valence-electron chi connectivity index (χ3n) is 3.36. The zero-order valence-corrected chi connectivity index (χ0v) is 10.9. The molecule has 4 nitrogen and oxygen atoms in total. The average Bonchev–Trinajstić information content (AvgIpc) is 2.38. The van der Waals surface area contributed by atoms with Crippen molar-refractivity contribution >= 4 is 11.7 Å². The predicted octanol–water partition coefficient (Wildman–Crippen LogP) is 2.11. The maximum absolute atomic E-state index is 11.8. The Bertz CT molecular complexity index is 400. The number of aromatic nitrogens is 1. The van der Waals surface area contributed by atoms with Crippen molar-refractivity contribution in [2.75, 3.05) is 18.4 Å². The van der Waals surface area contributed by atoms with Gasteiger partial charge in [0.05, 0.1) is 0 Å². The number of piperidine rings is 1. The van der Waals surface area contributed by atoms with E-state index in [0.29, 0.717) is 18.2 Å². The van der Waals surface area contributed by atoms with Gasteiger partial charge < -0.3 is 10.6 Å². The van der Waals surface area contributed by atoms with Gasteiger partial charge in [0.1, 0.15) is 5.82 Å². The molecule has 1 unspecified atom stereocenters. The van der Waals surface area contributed by atoms with Crippen LogP contribution in [0.4, 0.5) is 5.82 Å². The van der Waals surface area contributed by atoms with Gasteiger partial charge in [-0.2, -0.15) is 0 Å². The van der Waals surface area contributed by atoms with Crippen LogP contribution in [-0.4, -0.2) is 24.0 Å². The summed E-state index contributed by atoms with van der Waals surface area (Å²) in [4.78, 5) is 15.9. The molecule has 1 aliphatic heterocycles. The molecule has 1 aromatic rings. The molecule has 1 fully saturated rings. The lowest BCUT2D eigenvalue weighted by molar-refractivity contribution is -0.116. The lowest BCUT2D eigenvalue weighted by atomic mass is 9.94. The largest absolute Gasteiger partial charge is 0.316 e. The Morgan fingerprint density at radius 1 is 1.61 bits per heavy atom. The van der Waals surface area contributed by atoms with E-state index in [0.717, 1.165) is 25.1 Å². The molecule has 0 spiro atoms. The van der Waals surface area contributed by atoms with Crippen LogP contribution >= 0.6 is 0 Å². The molecular weight excluding hydrogens is 226 g/mol. The zero-order chi connectivity index (χ0) is 12.8. The van der Waals surface area contributed by atoms with E-state index in [1.807, 2.05) is 19.1 Å². The van der Waals surface area contributed by atoms with Gasteiger partial charge in [0.2, 0.25) is 5.91 Å². The van der Waals surface area contributed by atoms with Gasteiger partial charge >= 0.3 is 0 Å². The SMILES string of the molecule is Cc1ccnc(NC(=O)CCC2CCCNC2)c1. The van der Waals surface area contributed by atoms with E-state index in [4.69, 9.17) is 0 Å². The Morgan fingerprint density at radius 2 is 2.50 bits per heavy atom. The first-order chi connectivity index (χ1) is 8.74. The molecule has 2 heterocycles. The van der Waals surface area contributed by atoms with E-state index in [1.54, 1.807) is 6.20 Å². The number of aryl methyl sites for hydroxylation is 1. The Morgan fingerprint density at radius 3 is 3.22 bits per heavy atom. The van der Waals surface area contributed by atoms with Crippen LogP contribution in [-0.2, 0) is 4.79 Å². The molecule has 0 radical (unpaired) electrons. The van der Waals surface area contributed by atoms with E-state index in [-0.39, 0.29) is 5.91 Å². The molecule has 1 aliphatic rings. The van der Waals surface area contributed by atoms with Gasteiger partial charge in [0.25, 0.3) is 0 Å². The minimum Gasteiger partial charge on any atom is -0.316 e. The van der Waals surface area contributed by atoms with Crippen LogP contribution in [0.3, 0.4) is 0 Å². The summed E-state index contributed by atoms with van der Waals surface area (Å²) < 4.78 is 0. The van der Waals surface area contributed by atoms with Gasteiger partial charge in [0, 0.05) is 12.6 Å². The summed E-state index contributed by atoms with van der Waals surface area (Å²) in [6.45, 7) is 4.16. The van der Waals surface area contributed by atoms with Gasteiger partial charge in [-0.15, -0.1) is 0 Å². The molecule has 1 saturated heterocycles. The van der Waals surface area contributed by atoms with Crippen LogP contribution in [0.25, 0.3) is 0 Å². The zero-order valence-electron chi connectivity index (χ0n) is 10.9. The van der Waals surface area contributed by atoms with E-state index in [2.05, 4.69) is 15.6 Å². The predicted molar refractivity (Wildman–Crippen MR) is 72.4 cm³/mol. The number of amides is 1. The van der Waals surface area contributed by atoms with Crippen LogP contribution in [0, 0.1) is 12.8 Å². The fourth-order valence-electron chi connectivity index (χ4n) is 2.32. The van der Waals surface area contributed by atoms with Crippen molar-refractivity contribution in [2.45, 2.75) is 32.6 Å². The number of rotatable bonds is 4. The second-order valence-corrected chi connectivity index (χ2v) is 5.02. The highest BCUT2D eigenvalue weighted by atomic mass is 16.1. The molecule has 18 heavy (non-hydrogen) atoms. The van der Waals surface area contributed by atoms with Crippen molar-refractivity contribution in [1.29, 1.82) is 0 Å². The third-order valence-corrected chi connectivity index (χ3v) is 3.36. The Balaban J connectivity index is 1.74. The number of nitrogens with one attached hydrogen (secondary N) is 2. The number of carbonyl (C=O) groups excluding carboxylic acids is 1. The smallest absolute Gasteiger partial charge is 0.225 e. The molecule has 1 amide bonds. The standard InChI is InChI=1S/C14H21N3O/c1-11-6-8-16-13(9-11)17-14(18)5-4-12-3-2-7-15-10-12/h6,8-9,12,15H,2-5,7,10H2,1H3,(H,16,17,18). The maximum atomic E-state index is 11.8. The lowest BCUT2D eigenvalue weighted by Crippen LogP contribution is -2.30. The Hall–Kier alpha value is -1.42. The molecule has 0 aromatic carbocycles. The van der Waals surface area contributed by atoms with Crippen molar-refractivity contribution < 1.29 is 4.79 Å². The molecule has 4 heteroatoms. The van der Waals surface area contributed by atoms with Crippen LogP contribution in [0.15, 0.2) is 18.3 Å². The quantitative estimate of drug-likeness (QED) is 0.856. The Labute approximate surface area is 108 Å². The van der Waals surface area contributed by atoms with Gasteiger partial charge in [-0.25, -0.2) is 4.98 Å². The van der Waals surface area contributed by atoms with Crippen molar-refractivity contribution in [3.05, 3.63) is 23.9 Å². The van der Waals surface area contributed by atoms with E-state index in [9.17, 15) is 4.79 Å². The van der Waals surface area contributed by atoms with Crippen LogP contribution in [0.5, 0.6) is 0 Å². The highest BCUT2D eigenvalue weighted by Crippen LogP contribution is 2.16.